The highest BCUT2D eigenvalue weighted by Gasteiger charge is 0.836. The lowest BCUT2D eigenvalue weighted by Crippen LogP contribution is -1.69. The smallest absolute Gasteiger partial charge is 0 e. The van der Waals surface area contributed by atoms with Gasteiger partial charge in [0, 0.05) is 8.41 Å². The minimum Gasteiger partial charge on any atom is -0.333 e. The van der Waals surface area contributed by atoms with E-state index in [1.807, 2.05) is 0 Å². The van der Waals surface area contributed by atoms with E-state index in [1.165, 1.54) is 7.05 Å². The molecule has 0 heterocycles. The van der Waals surface area contributed by atoms with Crippen LogP contribution in [0.1, 0.15) is 0 Å². The maximum absolute atomic E-state index is 4.50. The van der Waals surface area contributed by atoms with E-state index in [0.717, 1.165) is 0 Å². The van der Waals surface area contributed by atoms with Gasteiger partial charge in [0.25, 0.3) is 0 Å². The average molecular weight is 122 g/mol. The number of nitrogens with two attached hydrogens (primary N) is 1. The van der Waals surface area contributed by atoms with E-state index in [-0.39, 0.29) is 27.2 Å². The number of halogens is 4. The van der Waals surface area contributed by atoms with Crippen LogP contribution in [0.5, 0.6) is 0 Å². The Kier molecular flexibility index (Phi) is 114000. The normalized spacial score (nSPS) is 0.857. The molecule has 49 valence electrons. The van der Waals surface area contributed by atoms with Gasteiger partial charge in [-0.1, -0.05) is 0 Å². The Labute approximate surface area is 41.3 Å². The summed E-state index contributed by atoms with van der Waals surface area (Å²) in [5, 5.41) is 0. The Bertz CT molecular complexity index is 11.7. The lowest BCUT2D eigenvalue weighted by molar-refractivity contribution is 1.11. The van der Waals surface area contributed by atoms with E-state index in [4.69, 9.17) is 0 Å². The highest BCUT2D eigenvalue weighted by molar-refractivity contribution is 5.75. The van der Waals surface area contributed by atoms with Crippen molar-refractivity contribution in [3.05, 3.63) is 0 Å². The molecule has 0 aliphatic heterocycles. The number of hydrogen-bond donors (Lipinski definition) is 1. The molecule has 0 spiro atoms. The van der Waals surface area contributed by atoms with Crippen molar-refractivity contribution in [3.63, 3.8) is 0 Å². The molecule has 0 saturated carbocycles. The van der Waals surface area contributed by atoms with Crippen LogP contribution < -0.4 is 5.73 Å². The fourth-order valence-electron chi connectivity index (χ4n) is 0. The zero-order valence-electron chi connectivity index (χ0n) is 3.79. The van der Waals surface area contributed by atoms with Crippen molar-refractivity contribution in [2.24, 2.45) is 5.73 Å². The monoisotopic (exact) mass is 122 g/mol. The van der Waals surface area contributed by atoms with Crippen LogP contribution in [-0.4, -0.2) is 15.5 Å². The Hall–Kier alpha value is -0.255. The van der Waals surface area contributed by atoms with Gasteiger partial charge in [-0.25, -0.2) is 0 Å². The zero-order chi connectivity index (χ0) is 2.00. The predicted molar refractivity (Wildman–Crippen MR) is 25.9 cm³/mol. The van der Waals surface area contributed by atoms with Crippen LogP contribution in [0.4, 0.5) is 18.8 Å². The predicted octanol–water partition coefficient (Wildman–Crippen LogP) is -0.196. The molecular formula is CH9BF4N. The van der Waals surface area contributed by atoms with E-state index in [0.29, 0.717) is 0 Å². The van der Waals surface area contributed by atoms with Gasteiger partial charge in [-0.05, 0) is 7.05 Å². The second-order valence-electron chi connectivity index (χ2n) is 0. The molecule has 0 saturated heterocycles. The fourth-order valence-corrected chi connectivity index (χ4v) is 0. The van der Waals surface area contributed by atoms with Crippen LogP contribution in [-0.2, 0) is 0 Å². The number of rotatable bonds is 0. The summed E-state index contributed by atoms with van der Waals surface area (Å²) >= 11 is 0. The van der Waals surface area contributed by atoms with Crippen LogP contribution in [0, 0.1) is 0 Å². The third-order valence-corrected chi connectivity index (χ3v) is 0. The molecule has 0 aromatic carbocycles. The fraction of sp³-hybridized carbons (Fsp3) is 1.00. The van der Waals surface area contributed by atoms with E-state index >= 15 is 0 Å². The van der Waals surface area contributed by atoms with Crippen molar-refractivity contribution in [2.75, 3.05) is 7.05 Å². The molecular weight excluding hydrogens is 113 g/mol. The molecule has 7 heavy (non-hydrogen) atoms. The van der Waals surface area contributed by atoms with Crippen molar-refractivity contribution in [2.45, 2.75) is 0 Å². The Morgan fingerprint density at radius 2 is 0.714 bits per heavy atom. The first kappa shape index (κ1) is 401. The van der Waals surface area contributed by atoms with Gasteiger partial charge in [0.2, 0.25) is 0 Å². The zero-order valence-corrected chi connectivity index (χ0v) is 3.79. The van der Waals surface area contributed by atoms with Crippen LogP contribution in [0.2, 0.25) is 0 Å². The van der Waals surface area contributed by atoms with E-state index in [9.17, 15) is 0 Å². The summed E-state index contributed by atoms with van der Waals surface area (Å²) in [4.78, 5) is 0. The molecule has 0 fully saturated rings. The molecule has 6 heteroatoms. The molecule has 0 aliphatic rings. The molecule has 0 unspecified atom stereocenters. The minimum atomic E-state index is 0. The standard InChI is InChI=1S/CH5N.B.4FH/c1-2;;;;;/h2H2,1H3;;4*1H. The summed E-state index contributed by atoms with van der Waals surface area (Å²) in [7, 11) is 1.50. The highest BCUT2D eigenvalue weighted by Crippen LogP contribution is 0.469. The van der Waals surface area contributed by atoms with Crippen molar-refractivity contribution in [1.29, 1.82) is 0 Å². The molecule has 0 aliphatic carbocycles. The average Bonchev–Trinajstić information content (AvgIpc) is 1.00. The van der Waals surface area contributed by atoms with Gasteiger partial charge >= 0.3 is 0 Å². The van der Waals surface area contributed by atoms with Gasteiger partial charge < -0.3 is 5.73 Å². The second-order valence-corrected chi connectivity index (χ2v) is 0. The summed E-state index contributed by atoms with van der Waals surface area (Å²) in [6.07, 6.45) is 0. The third-order valence-electron chi connectivity index (χ3n) is 0. The van der Waals surface area contributed by atoms with E-state index in [1.54, 1.807) is 0 Å². The molecule has 0 bridgehead atoms. The first-order chi connectivity index (χ1) is 1.00. The summed E-state index contributed by atoms with van der Waals surface area (Å²) in [6.45, 7) is 0. The SMILES string of the molecule is CN.F.F.F.F.[B]. The van der Waals surface area contributed by atoms with Gasteiger partial charge in [0.15, 0.2) is 0 Å². The van der Waals surface area contributed by atoms with Gasteiger partial charge in [0.05, 0.1) is 0 Å². The molecule has 1 nitrogen and oxygen atoms in total. The van der Waals surface area contributed by atoms with Crippen LogP contribution in [0.25, 0.3) is 0 Å². The second kappa shape index (κ2) is 1990. The summed E-state index contributed by atoms with van der Waals surface area (Å²) < 4.78 is 0. The summed E-state index contributed by atoms with van der Waals surface area (Å²) in [5.41, 5.74) is 4.50. The van der Waals surface area contributed by atoms with Crippen LogP contribution >= 0.6 is 0 Å². The first-order valence-electron chi connectivity index (χ1n) is 0.577. The molecule has 0 atom stereocenters. The quantitative estimate of drug-likeness (QED) is 0.349. The van der Waals surface area contributed by atoms with E-state index in [2.05, 4.69) is 5.73 Å². The van der Waals surface area contributed by atoms with Crippen molar-refractivity contribution in [3.8, 4) is 0 Å². The van der Waals surface area contributed by atoms with Crippen molar-refractivity contribution < 1.29 is 18.8 Å². The molecule has 0 aromatic heterocycles. The third kappa shape index (κ3) is 1240. The Morgan fingerprint density at radius 1 is 0.714 bits per heavy atom. The molecule has 3 radical (unpaired) electrons. The lowest BCUT2D eigenvalue weighted by Gasteiger charge is -1.19. The largest absolute Gasteiger partial charge is 0.333 e. The first-order valence-corrected chi connectivity index (χ1v) is 0.577. The van der Waals surface area contributed by atoms with Crippen molar-refractivity contribution >= 4 is 8.41 Å². The van der Waals surface area contributed by atoms with E-state index < -0.39 is 0 Å². The van der Waals surface area contributed by atoms with Gasteiger partial charge in [-0.2, -0.15) is 0 Å². The van der Waals surface area contributed by atoms with Crippen LogP contribution in [0.15, 0.2) is 0 Å². The lowest BCUT2D eigenvalue weighted by atomic mass is 10.8. The highest BCUT2D eigenvalue weighted by atomic mass is 19.0. The molecule has 0 rings (SSSR count). The Morgan fingerprint density at radius 3 is 0.714 bits per heavy atom. The maximum atomic E-state index is 4.50. The number of hydrogen-bond acceptors (Lipinski definition) is 1. The minimum absolute atomic E-state index is 0. The molecule has 0 amide bonds. The Balaban J connectivity index is -0.000000000500. The van der Waals surface area contributed by atoms with Gasteiger partial charge in [-0.15, -0.1) is 0 Å². The maximum Gasteiger partial charge on any atom is 0 e. The van der Waals surface area contributed by atoms with Crippen molar-refractivity contribution in [1.82, 2.24) is 0 Å². The molecule has 0 aromatic rings. The van der Waals surface area contributed by atoms with Gasteiger partial charge in [-0.3, -0.25) is 18.8 Å². The topological polar surface area (TPSA) is 26.0 Å². The van der Waals surface area contributed by atoms with Crippen LogP contribution in [0.3, 0.4) is 0 Å². The molecule has 2 N–H and O–H groups in total. The summed E-state index contributed by atoms with van der Waals surface area (Å²) in [6, 6.07) is 0. The summed E-state index contributed by atoms with van der Waals surface area (Å²) in [5.74, 6) is 0. The van der Waals surface area contributed by atoms with Gasteiger partial charge in [0.1, 0.15) is 0 Å².